The molecule has 106 valence electrons. The molecule has 0 amide bonds. The van der Waals surface area contributed by atoms with Crippen LogP contribution in [0.15, 0.2) is 30.3 Å². The molecular weight excluding hydrogens is 276 g/mol. The number of hydrogen-bond acceptors (Lipinski definition) is 5. The van der Waals surface area contributed by atoms with Crippen LogP contribution in [-0.2, 0) is 16.4 Å². The van der Waals surface area contributed by atoms with Crippen LogP contribution in [0, 0.1) is 0 Å². The van der Waals surface area contributed by atoms with Crippen molar-refractivity contribution in [3.05, 3.63) is 35.9 Å². The van der Waals surface area contributed by atoms with E-state index in [0.29, 0.717) is 13.1 Å². The van der Waals surface area contributed by atoms with E-state index in [4.69, 9.17) is 0 Å². The molecule has 1 saturated heterocycles. The lowest BCUT2D eigenvalue weighted by Crippen LogP contribution is -2.40. The Kier molecular flexibility index (Phi) is 3.35. The monoisotopic (exact) mass is 292 g/mol. The van der Waals surface area contributed by atoms with Gasteiger partial charge >= 0.3 is 0 Å². The van der Waals surface area contributed by atoms with Crippen LogP contribution in [0.5, 0.6) is 0 Å². The Hall–Kier alpha value is -1.66. The van der Waals surface area contributed by atoms with Gasteiger partial charge in [-0.05, 0) is 17.7 Å². The molecule has 2 aromatic rings. The average molecular weight is 292 g/mol. The van der Waals surface area contributed by atoms with E-state index in [-0.39, 0.29) is 18.1 Å². The second-order valence-electron chi connectivity index (χ2n) is 4.95. The summed E-state index contributed by atoms with van der Waals surface area (Å²) < 4.78 is 23.0. The number of fused-ring (bicyclic) bond motifs is 1. The Morgan fingerprint density at radius 1 is 1.20 bits per heavy atom. The second kappa shape index (κ2) is 5.03. The van der Waals surface area contributed by atoms with Crippen LogP contribution in [0.2, 0.25) is 0 Å². The number of pyridine rings is 1. The van der Waals surface area contributed by atoms with Crippen molar-refractivity contribution in [3.63, 3.8) is 0 Å². The highest BCUT2D eigenvalue weighted by Crippen LogP contribution is 2.24. The molecule has 0 atom stereocenters. The molecule has 0 bridgehead atoms. The smallest absolute Gasteiger partial charge is 0.153 e. The molecule has 1 aromatic heterocycles. The highest BCUT2D eigenvalue weighted by Gasteiger charge is 2.23. The normalized spacial score (nSPS) is 18.4. The average Bonchev–Trinajstić information content (AvgIpc) is 2.46. The quantitative estimate of drug-likeness (QED) is 0.893. The fourth-order valence-electron chi connectivity index (χ4n) is 2.47. The van der Waals surface area contributed by atoms with Gasteiger partial charge in [-0.1, -0.05) is 18.2 Å². The highest BCUT2D eigenvalue weighted by atomic mass is 32.2. The Balaban J connectivity index is 2.00. The minimum Gasteiger partial charge on any atom is -0.392 e. The van der Waals surface area contributed by atoms with Crippen LogP contribution < -0.4 is 4.90 Å². The first kappa shape index (κ1) is 13.3. The van der Waals surface area contributed by atoms with Crippen molar-refractivity contribution in [3.8, 4) is 0 Å². The number of benzene rings is 1. The van der Waals surface area contributed by atoms with Gasteiger partial charge in [-0.3, -0.25) is 0 Å². The molecule has 2 heterocycles. The fraction of sp³-hybridized carbons (Fsp3) is 0.357. The van der Waals surface area contributed by atoms with Crippen LogP contribution in [0.25, 0.3) is 10.9 Å². The topological polar surface area (TPSA) is 70.5 Å². The van der Waals surface area contributed by atoms with Crippen LogP contribution in [0.4, 0.5) is 5.82 Å². The third kappa shape index (κ3) is 2.48. The zero-order valence-electron chi connectivity index (χ0n) is 11.0. The molecule has 6 heteroatoms. The van der Waals surface area contributed by atoms with Gasteiger partial charge in [0.25, 0.3) is 0 Å². The zero-order chi connectivity index (χ0) is 14.2. The molecule has 0 saturated carbocycles. The summed E-state index contributed by atoms with van der Waals surface area (Å²) in [5.74, 6) is 1.06. The maximum absolute atomic E-state index is 11.5. The molecule has 1 aliphatic rings. The minimum atomic E-state index is -2.90. The standard InChI is InChI=1S/C14H16N2O3S/c17-10-11-9-14(15-13-4-2-1-3-12(11)13)16-5-7-20(18,19)8-6-16/h1-4,9,17H,5-8,10H2. The predicted molar refractivity (Wildman–Crippen MR) is 78.5 cm³/mol. The summed E-state index contributed by atoms with van der Waals surface area (Å²) in [7, 11) is -2.90. The third-order valence-corrected chi connectivity index (χ3v) is 5.24. The summed E-state index contributed by atoms with van der Waals surface area (Å²) in [5.41, 5.74) is 1.64. The summed E-state index contributed by atoms with van der Waals surface area (Å²) >= 11 is 0. The molecule has 3 rings (SSSR count). The largest absolute Gasteiger partial charge is 0.392 e. The van der Waals surface area contributed by atoms with E-state index >= 15 is 0 Å². The van der Waals surface area contributed by atoms with E-state index < -0.39 is 9.84 Å². The molecule has 20 heavy (non-hydrogen) atoms. The first-order chi connectivity index (χ1) is 9.59. The van der Waals surface area contributed by atoms with Crippen molar-refractivity contribution in [2.75, 3.05) is 29.5 Å². The molecule has 1 aliphatic heterocycles. The number of aliphatic hydroxyl groups is 1. The summed E-state index contributed by atoms with van der Waals surface area (Å²) in [6, 6.07) is 9.49. The molecule has 1 aromatic carbocycles. The molecular formula is C14H16N2O3S. The van der Waals surface area contributed by atoms with E-state index in [2.05, 4.69) is 4.98 Å². The van der Waals surface area contributed by atoms with E-state index in [9.17, 15) is 13.5 Å². The third-order valence-electron chi connectivity index (χ3n) is 3.63. The van der Waals surface area contributed by atoms with Gasteiger partial charge in [0, 0.05) is 18.5 Å². The van der Waals surface area contributed by atoms with Gasteiger partial charge in [0.05, 0.1) is 23.6 Å². The van der Waals surface area contributed by atoms with Crippen LogP contribution in [-0.4, -0.2) is 43.1 Å². The molecule has 0 unspecified atom stereocenters. The van der Waals surface area contributed by atoms with Crippen LogP contribution in [0.3, 0.4) is 0 Å². The lowest BCUT2D eigenvalue weighted by molar-refractivity contribution is 0.283. The van der Waals surface area contributed by atoms with Crippen molar-refractivity contribution in [1.82, 2.24) is 4.98 Å². The summed E-state index contributed by atoms with van der Waals surface area (Å²) in [4.78, 5) is 6.54. The summed E-state index contributed by atoms with van der Waals surface area (Å²) in [6.45, 7) is 0.860. The molecule has 1 N–H and O–H groups in total. The van der Waals surface area contributed by atoms with Crippen molar-refractivity contribution >= 4 is 26.6 Å². The van der Waals surface area contributed by atoms with Crippen molar-refractivity contribution in [2.45, 2.75) is 6.61 Å². The number of rotatable bonds is 2. The number of hydrogen-bond donors (Lipinski definition) is 1. The fourth-order valence-corrected chi connectivity index (χ4v) is 3.67. The van der Waals surface area contributed by atoms with E-state index in [1.807, 2.05) is 35.2 Å². The molecule has 0 spiro atoms. The Labute approximate surface area is 117 Å². The first-order valence-corrected chi connectivity index (χ1v) is 8.36. The van der Waals surface area contributed by atoms with E-state index in [1.165, 1.54) is 0 Å². The Morgan fingerprint density at radius 3 is 2.60 bits per heavy atom. The van der Waals surface area contributed by atoms with Gasteiger partial charge in [-0.15, -0.1) is 0 Å². The van der Waals surface area contributed by atoms with Crippen LogP contribution >= 0.6 is 0 Å². The number of aliphatic hydroxyl groups excluding tert-OH is 1. The number of para-hydroxylation sites is 1. The number of aromatic nitrogens is 1. The first-order valence-electron chi connectivity index (χ1n) is 6.54. The number of nitrogens with zero attached hydrogens (tertiary/aromatic N) is 2. The molecule has 0 radical (unpaired) electrons. The SMILES string of the molecule is O=S1(=O)CCN(c2cc(CO)c3ccccc3n2)CC1. The maximum Gasteiger partial charge on any atom is 0.153 e. The second-order valence-corrected chi connectivity index (χ2v) is 7.26. The predicted octanol–water partition coefficient (Wildman–Crippen LogP) is 0.962. The Bertz CT molecular complexity index is 729. The van der Waals surface area contributed by atoms with Crippen molar-refractivity contribution < 1.29 is 13.5 Å². The van der Waals surface area contributed by atoms with E-state index in [1.54, 1.807) is 0 Å². The van der Waals surface area contributed by atoms with Gasteiger partial charge < -0.3 is 10.0 Å². The molecule has 0 aliphatic carbocycles. The molecule has 5 nitrogen and oxygen atoms in total. The number of anilines is 1. The van der Waals surface area contributed by atoms with Crippen molar-refractivity contribution in [1.29, 1.82) is 0 Å². The van der Waals surface area contributed by atoms with Gasteiger partial charge in [0.2, 0.25) is 0 Å². The summed E-state index contributed by atoms with van der Waals surface area (Å²) in [5, 5.41) is 10.4. The highest BCUT2D eigenvalue weighted by molar-refractivity contribution is 7.91. The lowest BCUT2D eigenvalue weighted by Gasteiger charge is -2.28. The van der Waals surface area contributed by atoms with Gasteiger partial charge in [0.1, 0.15) is 5.82 Å². The van der Waals surface area contributed by atoms with Gasteiger partial charge in [-0.2, -0.15) is 0 Å². The zero-order valence-corrected chi connectivity index (χ0v) is 11.8. The lowest BCUT2D eigenvalue weighted by atomic mass is 10.1. The summed E-state index contributed by atoms with van der Waals surface area (Å²) in [6.07, 6.45) is 0. The van der Waals surface area contributed by atoms with Gasteiger partial charge in [0.15, 0.2) is 9.84 Å². The maximum atomic E-state index is 11.5. The molecule has 1 fully saturated rings. The van der Waals surface area contributed by atoms with Crippen LogP contribution in [0.1, 0.15) is 5.56 Å². The Morgan fingerprint density at radius 2 is 1.90 bits per heavy atom. The number of sulfone groups is 1. The van der Waals surface area contributed by atoms with Crippen molar-refractivity contribution in [2.24, 2.45) is 0 Å². The van der Waals surface area contributed by atoms with Gasteiger partial charge in [-0.25, -0.2) is 13.4 Å². The van der Waals surface area contributed by atoms with E-state index in [0.717, 1.165) is 22.3 Å². The minimum absolute atomic E-state index is 0.0534.